The quantitative estimate of drug-likeness (QED) is 0.523. The van der Waals surface area contributed by atoms with E-state index in [0.717, 1.165) is 17.0 Å². The van der Waals surface area contributed by atoms with E-state index in [1.165, 1.54) is 12.1 Å². The van der Waals surface area contributed by atoms with Gasteiger partial charge in [-0.1, -0.05) is 42.3 Å². The molecule has 0 bridgehead atoms. The Hall–Kier alpha value is -2.29. The zero-order valence-corrected chi connectivity index (χ0v) is 19.6. The summed E-state index contributed by atoms with van der Waals surface area (Å²) in [7, 11) is -3.64. The fraction of sp³-hybridized carbons (Fsp3) is 0.333. The van der Waals surface area contributed by atoms with E-state index >= 15 is 0 Å². The first-order chi connectivity index (χ1) is 14.6. The van der Waals surface area contributed by atoms with Crippen LogP contribution >= 0.6 is 23.2 Å². The van der Waals surface area contributed by atoms with Crippen molar-refractivity contribution in [3.05, 3.63) is 58.1 Å². The number of benzene rings is 2. The number of carbonyl (C=O) groups is 2. The average molecular weight is 486 g/mol. The molecule has 31 heavy (non-hydrogen) atoms. The molecular formula is C21H25Cl2N3O4S. The summed E-state index contributed by atoms with van der Waals surface area (Å²) in [6.07, 6.45) is 2.16. The summed E-state index contributed by atoms with van der Waals surface area (Å²) in [6.45, 7) is 2.53. The van der Waals surface area contributed by atoms with Crippen LogP contribution in [-0.2, 0) is 14.8 Å². The molecule has 0 aliphatic rings. The van der Waals surface area contributed by atoms with Crippen LogP contribution in [0.2, 0.25) is 10.0 Å². The molecule has 2 aromatic rings. The Kier molecular flexibility index (Phi) is 9.15. The Morgan fingerprint density at radius 1 is 1.10 bits per heavy atom. The SMILES string of the molecule is CCCNC(=O)c1ccccc1NC(=O)CCCN(c1cc(Cl)ccc1Cl)S(C)(=O)=O. The van der Waals surface area contributed by atoms with Gasteiger partial charge < -0.3 is 10.6 Å². The fourth-order valence-corrected chi connectivity index (χ4v) is 4.27. The molecule has 0 aliphatic carbocycles. The van der Waals surface area contributed by atoms with E-state index in [2.05, 4.69) is 10.6 Å². The number of carbonyl (C=O) groups excluding carboxylic acids is 2. The van der Waals surface area contributed by atoms with Gasteiger partial charge in [0.2, 0.25) is 15.9 Å². The summed E-state index contributed by atoms with van der Waals surface area (Å²) in [5.74, 6) is -0.599. The summed E-state index contributed by atoms with van der Waals surface area (Å²) in [4.78, 5) is 24.7. The highest BCUT2D eigenvalue weighted by atomic mass is 35.5. The lowest BCUT2D eigenvalue weighted by Gasteiger charge is -2.23. The first kappa shape index (κ1) is 25.0. The van der Waals surface area contributed by atoms with Crippen LogP contribution in [0.5, 0.6) is 0 Å². The Balaban J connectivity index is 2.04. The van der Waals surface area contributed by atoms with Gasteiger partial charge in [0.15, 0.2) is 0 Å². The highest BCUT2D eigenvalue weighted by Gasteiger charge is 2.21. The third-order valence-electron chi connectivity index (χ3n) is 4.32. The van der Waals surface area contributed by atoms with Crippen molar-refractivity contribution < 1.29 is 18.0 Å². The molecule has 2 N–H and O–H groups in total. The van der Waals surface area contributed by atoms with Crippen molar-refractivity contribution in [2.75, 3.05) is 29.0 Å². The van der Waals surface area contributed by atoms with Crippen LogP contribution in [-0.4, -0.2) is 39.6 Å². The van der Waals surface area contributed by atoms with Crippen LogP contribution < -0.4 is 14.9 Å². The van der Waals surface area contributed by atoms with E-state index in [1.54, 1.807) is 30.3 Å². The van der Waals surface area contributed by atoms with Gasteiger partial charge in [-0.05, 0) is 43.2 Å². The topological polar surface area (TPSA) is 95.6 Å². The van der Waals surface area contributed by atoms with E-state index in [9.17, 15) is 18.0 Å². The van der Waals surface area contributed by atoms with Gasteiger partial charge in [0.05, 0.1) is 28.2 Å². The summed E-state index contributed by atoms with van der Waals surface area (Å²) in [5.41, 5.74) is 1.03. The molecule has 0 radical (unpaired) electrons. The van der Waals surface area contributed by atoms with E-state index in [1.807, 2.05) is 6.92 Å². The summed E-state index contributed by atoms with van der Waals surface area (Å²) >= 11 is 12.1. The molecule has 2 rings (SSSR count). The Labute approximate surface area is 192 Å². The molecule has 0 heterocycles. The van der Waals surface area contributed by atoms with Gasteiger partial charge in [0.1, 0.15) is 0 Å². The van der Waals surface area contributed by atoms with Crippen molar-refractivity contribution in [3.63, 3.8) is 0 Å². The van der Waals surface area contributed by atoms with E-state index < -0.39 is 10.0 Å². The zero-order chi connectivity index (χ0) is 23.0. The highest BCUT2D eigenvalue weighted by Crippen LogP contribution is 2.31. The Morgan fingerprint density at radius 3 is 2.48 bits per heavy atom. The first-order valence-electron chi connectivity index (χ1n) is 9.73. The van der Waals surface area contributed by atoms with Gasteiger partial charge in [0.25, 0.3) is 5.91 Å². The summed E-state index contributed by atoms with van der Waals surface area (Å²) in [6, 6.07) is 11.3. The number of hydrogen-bond acceptors (Lipinski definition) is 4. The maximum absolute atomic E-state index is 12.4. The molecular weight excluding hydrogens is 461 g/mol. The summed E-state index contributed by atoms with van der Waals surface area (Å²) < 4.78 is 25.6. The molecule has 2 aromatic carbocycles. The van der Waals surface area contributed by atoms with Gasteiger partial charge in [0, 0.05) is 24.5 Å². The van der Waals surface area contributed by atoms with E-state index in [4.69, 9.17) is 23.2 Å². The Bertz CT molecular complexity index is 1040. The maximum atomic E-state index is 12.4. The third kappa shape index (κ3) is 7.41. The molecule has 0 saturated heterocycles. The van der Waals surface area contributed by atoms with Gasteiger partial charge in [-0.25, -0.2) is 8.42 Å². The average Bonchev–Trinajstić information content (AvgIpc) is 2.71. The minimum absolute atomic E-state index is 0.0466. The van der Waals surface area contributed by atoms with Crippen molar-refractivity contribution >= 4 is 56.4 Å². The number of rotatable bonds is 10. The summed E-state index contributed by atoms with van der Waals surface area (Å²) in [5, 5.41) is 6.10. The molecule has 0 spiro atoms. The molecule has 0 saturated carbocycles. The minimum atomic E-state index is -3.64. The van der Waals surface area contributed by atoms with Crippen molar-refractivity contribution in [2.45, 2.75) is 26.2 Å². The van der Waals surface area contributed by atoms with Crippen LogP contribution in [0.15, 0.2) is 42.5 Å². The normalized spacial score (nSPS) is 11.1. The molecule has 0 unspecified atom stereocenters. The van der Waals surface area contributed by atoms with Gasteiger partial charge in [-0.3, -0.25) is 13.9 Å². The molecule has 0 atom stereocenters. The minimum Gasteiger partial charge on any atom is -0.352 e. The molecule has 10 heteroatoms. The third-order valence-corrected chi connectivity index (χ3v) is 6.06. The predicted octanol–water partition coefficient (Wildman–Crippen LogP) is 4.32. The molecule has 7 nitrogen and oxygen atoms in total. The number of hydrogen-bond donors (Lipinski definition) is 2. The molecule has 0 aromatic heterocycles. The molecule has 2 amide bonds. The van der Waals surface area contributed by atoms with E-state index in [0.29, 0.717) is 22.8 Å². The van der Waals surface area contributed by atoms with Crippen molar-refractivity contribution in [1.82, 2.24) is 5.32 Å². The highest BCUT2D eigenvalue weighted by molar-refractivity contribution is 7.92. The first-order valence-corrected chi connectivity index (χ1v) is 12.3. The van der Waals surface area contributed by atoms with Crippen molar-refractivity contribution in [1.29, 1.82) is 0 Å². The van der Waals surface area contributed by atoms with Crippen LogP contribution in [0.4, 0.5) is 11.4 Å². The molecule has 0 fully saturated rings. The number of halogens is 2. The number of sulfonamides is 1. The number of nitrogens with one attached hydrogen (secondary N) is 2. The Morgan fingerprint density at radius 2 is 1.81 bits per heavy atom. The maximum Gasteiger partial charge on any atom is 0.253 e. The lowest BCUT2D eigenvalue weighted by molar-refractivity contribution is -0.116. The second-order valence-corrected chi connectivity index (χ2v) is 9.63. The lowest BCUT2D eigenvalue weighted by atomic mass is 10.1. The second-order valence-electron chi connectivity index (χ2n) is 6.88. The standard InChI is InChI=1S/C21H25Cl2N3O4S/c1-3-12-24-21(28)16-7-4-5-8-18(16)25-20(27)9-6-13-26(31(2,29)30)19-14-15(22)10-11-17(19)23/h4-5,7-8,10-11,14H,3,6,9,12-13H2,1-2H3,(H,24,28)(H,25,27). The largest absolute Gasteiger partial charge is 0.352 e. The van der Waals surface area contributed by atoms with Crippen LogP contribution in [0.1, 0.15) is 36.5 Å². The monoisotopic (exact) mass is 485 g/mol. The second kappa shape index (κ2) is 11.4. The van der Waals surface area contributed by atoms with Crippen molar-refractivity contribution in [3.8, 4) is 0 Å². The number of amides is 2. The van der Waals surface area contributed by atoms with Crippen LogP contribution in [0, 0.1) is 0 Å². The predicted molar refractivity (Wildman–Crippen MR) is 126 cm³/mol. The van der Waals surface area contributed by atoms with Gasteiger partial charge in [-0.2, -0.15) is 0 Å². The van der Waals surface area contributed by atoms with Crippen LogP contribution in [0.25, 0.3) is 0 Å². The smallest absolute Gasteiger partial charge is 0.253 e. The number of anilines is 2. The number of nitrogens with zero attached hydrogens (tertiary/aromatic N) is 1. The number of para-hydroxylation sites is 1. The van der Waals surface area contributed by atoms with Crippen LogP contribution in [0.3, 0.4) is 0 Å². The molecule has 168 valence electrons. The van der Waals surface area contributed by atoms with E-state index in [-0.39, 0.29) is 41.9 Å². The lowest BCUT2D eigenvalue weighted by Crippen LogP contribution is -2.31. The van der Waals surface area contributed by atoms with Gasteiger partial charge in [-0.15, -0.1) is 0 Å². The zero-order valence-electron chi connectivity index (χ0n) is 17.3. The van der Waals surface area contributed by atoms with Gasteiger partial charge >= 0.3 is 0 Å². The van der Waals surface area contributed by atoms with Crippen molar-refractivity contribution in [2.24, 2.45) is 0 Å². The fourth-order valence-electron chi connectivity index (χ4n) is 2.86. The molecule has 0 aliphatic heterocycles.